The van der Waals surface area contributed by atoms with Crippen LogP contribution in [0.3, 0.4) is 0 Å². The standard InChI is InChI=1S/C21H25FN4O2S/c22-16-6-8-17(9-7-16)26-11-3-10-25(12-13-26)14-21(28)24-18-4-1-2-5-19(18)29-15-20(23)27/h1-2,4-9H,3,10-15H2,(H2,23,27)(H,24,28). The van der Waals surface area contributed by atoms with Crippen molar-refractivity contribution in [3.8, 4) is 0 Å². The average molecular weight is 417 g/mol. The second-order valence-corrected chi connectivity index (χ2v) is 7.91. The number of nitrogens with one attached hydrogen (secondary N) is 1. The fraction of sp³-hybridized carbons (Fsp3) is 0.333. The summed E-state index contributed by atoms with van der Waals surface area (Å²) in [6, 6.07) is 13.9. The first-order valence-corrected chi connectivity index (χ1v) is 10.5. The van der Waals surface area contributed by atoms with Crippen LogP contribution in [0.1, 0.15) is 6.42 Å². The second kappa shape index (κ2) is 10.3. The predicted molar refractivity (Wildman–Crippen MR) is 115 cm³/mol. The van der Waals surface area contributed by atoms with Gasteiger partial charge in [-0.15, -0.1) is 11.8 Å². The van der Waals surface area contributed by atoms with Gasteiger partial charge in [0.15, 0.2) is 0 Å². The molecule has 0 atom stereocenters. The number of hydrogen-bond donors (Lipinski definition) is 2. The first-order chi connectivity index (χ1) is 14.0. The zero-order valence-electron chi connectivity index (χ0n) is 16.1. The minimum atomic E-state index is -0.397. The molecular weight excluding hydrogens is 391 g/mol. The van der Waals surface area contributed by atoms with E-state index in [2.05, 4.69) is 15.1 Å². The Morgan fingerprint density at radius 3 is 2.55 bits per heavy atom. The highest BCUT2D eigenvalue weighted by Gasteiger charge is 2.18. The average Bonchev–Trinajstić information content (AvgIpc) is 2.93. The lowest BCUT2D eigenvalue weighted by Crippen LogP contribution is -2.36. The molecule has 1 saturated heterocycles. The van der Waals surface area contributed by atoms with E-state index in [0.717, 1.165) is 43.2 Å². The lowest BCUT2D eigenvalue weighted by Gasteiger charge is -2.23. The van der Waals surface area contributed by atoms with E-state index in [0.29, 0.717) is 12.2 Å². The number of amides is 2. The smallest absolute Gasteiger partial charge is 0.238 e. The van der Waals surface area contributed by atoms with Gasteiger partial charge < -0.3 is 16.0 Å². The molecule has 1 heterocycles. The summed E-state index contributed by atoms with van der Waals surface area (Å²) in [5.74, 6) is -0.562. The first-order valence-electron chi connectivity index (χ1n) is 9.54. The Morgan fingerprint density at radius 1 is 1.03 bits per heavy atom. The molecule has 0 aliphatic carbocycles. The van der Waals surface area contributed by atoms with Crippen molar-refractivity contribution in [2.45, 2.75) is 11.3 Å². The molecule has 29 heavy (non-hydrogen) atoms. The van der Waals surface area contributed by atoms with Gasteiger partial charge in [-0.1, -0.05) is 12.1 Å². The Bertz CT molecular complexity index is 847. The van der Waals surface area contributed by atoms with E-state index in [1.807, 2.05) is 24.3 Å². The summed E-state index contributed by atoms with van der Waals surface area (Å²) in [7, 11) is 0. The molecule has 0 saturated carbocycles. The number of primary amides is 1. The molecule has 1 fully saturated rings. The van der Waals surface area contributed by atoms with Gasteiger partial charge in [0.25, 0.3) is 0 Å². The Labute approximate surface area is 174 Å². The maximum absolute atomic E-state index is 13.1. The van der Waals surface area contributed by atoms with Crippen LogP contribution >= 0.6 is 11.8 Å². The highest BCUT2D eigenvalue weighted by molar-refractivity contribution is 8.00. The highest BCUT2D eigenvalue weighted by atomic mass is 32.2. The Balaban J connectivity index is 1.53. The van der Waals surface area contributed by atoms with Crippen molar-refractivity contribution >= 4 is 35.0 Å². The number of nitrogens with zero attached hydrogens (tertiary/aromatic N) is 2. The van der Waals surface area contributed by atoms with E-state index >= 15 is 0 Å². The molecule has 154 valence electrons. The van der Waals surface area contributed by atoms with Crippen molar-refractivity contribution in [2.75, 3.05) is 48.7 Å². The maximum atomic E-state index is 13.1. The van der Waals surface area contributed by atoms with Gasteiger partial charge in [0.1, 0.15) is 5.82 Å². The van der Waals surface area contributed by atoms with Crippen LogP contribution < -0.4 is 16.0 Å². The summed E-state index contributed by atoms with van der Waals surface area (Å²) in [6.07, 6.45) is 0.926. The normalized spacial score (nSPS) is 15.0. The number of halogens is 1. The summed E-state index contributed by atoms with van der Waals surface area (Å²) < 4.78 is 13.1. The van der Waals surface area contributed by atoms with Gasteiger partial charge >= 0.3 is 0 Å². The topological polar surface area (TPSA) is 78.7 Å². The molecule has 2 amide bonds. The van der Waals surface area contributed by atoms with Crippen LogP contribution in [-0.4, -0.2) is 55.2 Å². The molecule has 8 heteroatoms. The number of thioether (sulfide) groups is 1. The number of anilines is 2. The number of nitrogens with two attached hydrogens (primary N) is 1. The molecule has 0 bridgehead atoms. The molecule has 6 nitrogen and oxygen atoms in total. The van der Waals surface area contributed by atoms with Gasteiger partial charge in [-0.25, -0.2) is 4.39 Å². The zero-order valence-corrected chi connectivity index (χ0v) is 17.0. The van der Waals surface area contributed by atoms with Gasteiger partial charge in [-0.2, -0.15) is 0 Å². The Morgan fingerprint density at radius 2 is 1.79 bits per heavy atom. The summed E-state index contributed by atoms with van der Waals surface area (Å²) in [6.45, 7) is 3.53. The van der Waals surface area contributed by atoms with Crippen LogP contribution in [-0.2, 0) is 9.59 Å². The lowest BCUT2D eigenvalue weighted by molar-refractivity contribution is -0.117. The van der Waals surface area contributed by atoms with Gasteiger partial charge in [0.05, 0.1) is 18.0 Å². The third-order valence-electron chi connectivity index (χ3n) is 4.68. The summed E-state index contributed by atoms with van der Waals surface area (Å²) >= 11 is 1.31. The van der Waals surface area contributed by atoms with Crippen molar-refractivity contribution in [1.82, 2.24) is 4.90 Å². The fourth-order valence-electron chi connectivity index (χ4n) is 3.28. The van der Waals surface area contributed by atoms with E-state index in [1.54, 1.807) is 12.1 Å². The zero-order chi connectivity index (χ0) is 20.6. The largest absolute Gasteiger partial charge is 0.370 e. The van der Waals surface area contributed by atoms with E-state index in [1.165, 1.54) is 23.9 Å². The van der Waals surface area contributed by atoms with Crippen LogP contribution in [0.4, 0.5) is 15.8 Å². The minimum Gasteiger partial charge on any atom is -0.370 e. The van der Waals surface area contributed by atoms with Crippen molar-refractivity contribution in [1.29, 1.82) is 0 Å². The number of rotatable bonds is 7. The molecule has 2 aromatic carbocycles. The summed E-state index contributed by atoms with van der Waals surface area (Å²) in [4.78, 5) is 28.8. The van der Waals surface area contributed by atoms with E-state index in [4.69, 9.17) is 5.73 Å². The third kappa shape index (κ3) is 6.47. The monoisotopic (exact) mass is 416 g/mol. The number of carbonyl (C=O) groups excluding carboxylic acids is 2. The number of hydrogen-bond acceptors (Lipinski definition) is 5. The SMILES string of the molecule is NC(=O)CSc1ccccc1NC(=O)CN1CCCN(c2ccc(F)cc2)CC1. The molecular formula is C21H25FN4O2S. The van der Waals surface area contributed by atoms with Crippen molar-refractivity contribution in [3.05, 3.63) is 54.3 Å². The predicted octanol–water partition coefficient (Wildman–Crippen LogP) is 2.55. The van der Waals surface area contributed by atoms with Crippen molar-refractivity contribution in [2.24, 2.45) is 5.73 Å². The molecule has 0 radical (unpaired) electrons. The second-order valence-electron chi connectivity index (χ2n) is 6.89. The quantitative estimate of drug-likeness (QED) is 0.679. The molecule has 3 rings (SSSR count). The van der Waals surface area contributed by atoms with Crippen LogP contribution in [0.5, 0.6) is 0 Å². The van der Waals surface area contributed by atoms with Crippen molar-refractivity contribution < 1.29 is 14.0 Å². The van der Waals surface area contributed by atoms with E-state index in [-0.39, 0.29) is 17.5 Å². The fourth-order valence-corrected chi connectivity index (χ4v) is 4.02. The number of carbonyl (C=O) groups is 2. The van der Waals surface area contributed by atoms with Crippen molar-refractivity contribution in [3.63, 3.8) is 0 Å². The van der Waals surface area contributed by atoms with Crippen LogP contribution in [0.25, 0.3) is 0 Å². The van der Waals surface area contributed by atoms with Crippen LogP contribution in [0, 0.1) is 5.82 Å². The molecule has 3 N–H and O–H groups in total. The lowest BCUT2D eigenvalue weighted by atomic mass is 10.2. The number of benzene rings is 2. The summed E-state index contributed by atoms with van der Waals surface area (Å²) in [5.41, 5.74) is 6.90. The highest BCUT2D eigenvalue weighted by Crippen LogP contribution is 2.26. The van der Waals surface area contributed by atoms with Crippen LogP contribution in [0.15, 0.2) is 53.4 Å². The van der Waals surface area contributed by atoms with Gasteiger partial charge in [0.2, 0.25) is 11.8 Å². The molecule has 0 aromatic heterocycles. The first kappa shape index (κ1) is 21.1. The molecule has 0 spiro atoms. The van der Waals surface area contributed by atoms with Gasteiger partial charge in [0, 0.05) is 36.8 Å². The van der Waals surface area contributed by atoms with E-state index < -0.39 is 5.91 Å². The molecule has 1 aliphatic heterocycles. The summed E-state index contributed by atoms with van der Waals surface area (Å²) in [5, 5.41) is 2.94. The number of para-hydroxylation sites is 1. The Hall–Kier alpha value is -2.58. The van der Waals surface area contributed by atoms with Gasteiger partial charge in [-0.3, -0.25) is 14.5 Å². The molecule has 1 aliphatic rings. The minimum absolute atomic E-state index is 0.0904. The Kier molecular flexibility index (Phi) is 7.48. The molecule has 0 unspecified atom stereocenters. The van der Waals surface area contributed by atoms with E-state index in [9.17, 15) is 14.0 Å². The van der Waals surface area contributed by atoms with Crippen LogP contribution in [0.2, 0.25) is 0 Å². The maximum Gasteiger partial charge on any atom is 0.238 e. The van der Waals surface area contributed by atoms with Gasteiger partial charge in [-0.05, 0) is 42.8 Å². The molecule has 2 aromatic rings. The third-order valence-corrected chi connectivity index (χ3v) is 5.77.